The number of aryl methyl sites for hydroxylation is 3. The molecule has 2 aliphatic rings. The van der Waals surface area contributed by atoms with Gasteiger partial charge in [0.2, 0.25) is 0 Å². The van der Waals surface area contributed by atoms with Gasteiger partial charge in [-0.1, -0.05) is 29.8 Å². The number of aromatic nitrogens is 4. The minimum atomic E-state index is 0. The van der Waals surface area contributed by atoms with E-state index in [9.17, 15) is 0 Å². The van der Waals surface area contributed by atoms with Crippen molar-refractivity contribution >= 4 is 46.4 Å². The molecule has 0 saturated heterocycles. The zero-order valence-corrected chi connectivity index (χ0v) is 20.1. The molecule has 0 aromatic carbocycles. The average molecular weight is 430 g/mol. The maximum Gasteiger partial charge on any atom is 2.00 e. The van der Waals surface area contributed by atoms with Crippen LogP contribution in [0.25, 0.3) is 46.4 Å². The Bertz CT molecular complexity index is 1250. The number of hydrogen-bond acceptors (Lipinski definition) is 2. The summed E-state index contributed by atoms with van der Waals surface area (Å²) < 4.78 is 0. The first-order valence-electron chi connectivity index (χ1n) is 9.43. The monoisotopic (exact) mass is 428 g/mol. The Labute approximate surface area is 182 Å². The fraction of sp³-hybridized carbons (Fsp3) is 0.167. The van der Waals surface area contributed by atoms with Gasteiger partial charge in [-0.15, -0.1) is 22.1 Å². The molecule has 2 aliphatic heterocycles. The van der Waals surface area contributed by atoms with Gasteiger partial charge in [0, 0.05) is 5.56 Å². The van der Waals surface area contributed by atoms with Gasteiger partial charge in [0.05, 0.1) is 22.8 Å². The Morgan fingerprint density at radius 2 is 0.793 bits per heavy atom. The molecule has 0 N–H and O–H groups in total. The molecular formula is C24H20N4Zn. The van der Waals surface area contributed by atoms with Crippen LogP contribution in [0.1, 0.15) is 45.0 Å². The molecule has 0 saturated carbocycles. The van der Waals surface area contributed by atoms with E-state index in [1.54, 1.807) is 0 Å². The summed E-state index contributed by atoms with van der Waals surface area (Å²) in [6.07, 6.45) is 8.23. The molecule has 5 heterocycles. The first-order valence-corrected chi connectivity index (χ1v) is 9.43. The minimum Gasteiger partial charge on any atom is -0.657 e. The zero-order valence-electron chi connectivity index (χ0n) is 17.1. The molecule has 5 heteroatoms. The van der Waals surface area contributed by atoms with E-state index in [2.05, 4.69) is 76.3 Å². The fourth-order valence-corrected chi connectivity index (χ4v) is 3.64. The molecule has 0 radical (unpaired) electrons. The number of nitrogens with zero attached hydrogens (tertiary/aromatic N) is 4. The van der Waals surface area contributed by atoms with Crippen molar-refractivity contribution in [2.24, 2.45) is 0 Å². The van der Waals surface area contributed by atoms with Crippen LogP contribution in [-0.4, -0.2) is 9.97 Å². The number of hydrogen-bond donors (Lipinski definition) is 0. The predicted octanol–water partition coefficient (Wildman–Crippen LogP) is 5.14. The molecule has 3 aromatic rings. The molecule has 8 bridgehead atoms. The van der Waals surface area contributed by atoms with E-state index in [1.807, 2.05) is 0 Å². The molecule has 5 rings (SSSR count). The summed E-state index contributed by atoms with van der Waals surface area (Å²) >= 11 is 0. The zero-order chi connectivity index (χ0) is 19.4. The van der Waals surface area contributed by atoms with Crippen molar-refractivity contribution in [3.05, 3.63) is 69.3 Å². The summed E-state index contributed by atoms with van der Waals surface area (Å²) in [5, 5.41) is 0. The van der Waals surface area contributed by atoms with Crippen LogP contribution in [-0.2, 0) is 19.5 Å². The third kappa shape index (κ3) is 3.20. The molecule has 3 aromatic heterocycles. The van der Waals surface area contributed by atoms with Crippen LogP contribution >= 0.6 is 0 Å². The van der Waals surface area contributed by atoms with E-state index in [-0.39, 0.29) is 19.5 Å². The summed E-state index contributed by atoms with van der Waals surface area (Å²) in [5.41, 5.74) is 11.9. The number of rotatable bonds is 0. The summed E-state index contributed by atoms with van der Waals surface area (Å²) in [6, 6.07) is 8.23. The topological polar surface area (TPSA) is 54.0 Å². The molecule has 0 amide bonds. The van der Waals surface area contributed by atoms with Gasteiger partial charge in [0.25, 0.3) is 0 Å². The second-order valence-corrected chi connectivity index (χ2v) is 7.36. The molecule has 0 unspecified atom stereocenters. The Morgan fingerprint density at radius 1 is 0.483 bits per heavy atom. The van der Waals surface area contributed by atoms with Gasteiger partial charge in [0.15, 0.2) is 0 Å². The van der Waals surface area contributed by atoms with Gasteiger partial charge < -0.3 is 9.97 Å². The third-order valence-electron chi connectivity index (χ3n) is 5.63. The molecule has 0 spiro atoms. The Morgan fingerprint density at radius 3 is 1.17 bits per heavy atom. The van der Waals surface area contributed by atoms with Crippen LogP contribution in [0.5, 0.6) is 0 Å². The van der Waals surface area contributed by atoms with Crippen molar-refractivity contribution in [2.75, 3.05) is 0 Å². The summed E-state index contributed by atoms with van der Waals surface area (Å²) in [4.78, 5) is 19.4. The van der Waals surface area contributed by atoms with Crippen LogP contribution in [0, 0.1) is 27.7 Å². The normalized spacial score (nSPS) is 12.3. The first kappa shape index (κ1) is 19.5. The summed E-state index contributed by atoms with van der Waals surface area (Å²) in [7, 11) is 0. The van der Waals surface area contributed by atoms with Gasteiger partial charge in [-0.2, -0.15) is 0 Å². The van der Waals surface area contributed by atoms with E-state index >= 15 is 0 Å². The third-order valence-corrected chi connectivity index (χ3v) is 5.63. The van der Waals surface area contributed by atoms with Gasteiger partial charge >= 0.3 is 19.5 Å². The van der Waals surface area contributed by atoms with Crippen LogP contribution in [0.4, 0.5) is 0 Å². The van der Waals surface area contributed by atoms with Gasteiger partial charge in [-0.05, 0) is 63.1 Å². The van der Waals surface area contributed by atoms with Crippen molar-refractivity contribution < 1.29 is 19.5 Å². The van der Waals surface area contributed by atoms with Crippen molar-refractivity contribution in [3.63, 3.8) is 0 Å². The quantitative estimate of drug-likeness (QED) is 0.320. The second kappa shape index (κ2) is 7.24. The molecule has 0 atom stereocenters. The second-order valence-electron chi connectivity index (χ2n) is 7.36. The minimum absolute atomic E-state index is 0. The van der Waals surface area contributed by atoms with Gasteiger partial charge in [0.1, 0.15) is 0 Å². The predicted molar refractivity (Wildman–Crippen MR) is 116 cm³/mol. The Balaban J connectivity index is 0.00000205. The number of fused-ring (bicyclic) bond motifs is 8. The van der Waals surface area contributed by atoms with Crippen molar-refractivity contribution in [2.45, 2.75) is 27.7 Å². The van der Waals surface area contributed by atoms with E-state index in [1.165, 1.54) is 0 Å². The van der Waals surface area contributed by atoms with Crippen LogP contribution in [0.15, 0.2) is 24.3 Å². The van der Waals surface area contributed by atoms with E-state index in [4.69, 9.17) is 19.9 Å². The van der Waals surface area contributed by atoms with Gasteiger partial charge in [-0.3, -0.25) is 0 Å². The van der Waals surface area contributed by atoms with E-state index in [0.717, 1.165) is 67.1 Å². The van der Waals surface area contributed by atoms with Crippen molar-refractivity contribution in [3.8, 4) is 0 Å². The first-order chi connectivity index (χ1) is 13.5. The SMILES string of the molecule is Cc1c2nc(c(C)c3ccc([n-]3)c(C)c3ccc([n-]3)c(C)c3nc1C=C3)C=C2.[Zn+2]. The van der Waals surface area contributed by atoms with Crippen LogP contribution in [0.2, 0.25) is 0 Å². The van der Waals surface area contributed by atoms with Gasteiger partial charge in [-0.25, -0.2) is 9.97 Å². The molecule has 0 aliphatic carbocycles. The molecule has 0 fully saturated rings. The average Bonchev–Trinajstić information content (AvgIpc) is 3.49. The molecule has 29 heavy (non-hydrogen) atoms. The maximum absolute atomic E-state index is 4.84. The van der Waals surface area contributed by atoms with E-state index < -0.39 is 0 Å². The summed E-state index contributed by atoms with van der Waals surface area (Å²) in [6.45, 7) is 8.29. The van der Waals surface area contributed by atoms with Crippen molar-refractivity contribution in [1.82, 2.24) is 19.9 Å². The molecule has 4 nitrogen and oxygen atoms in total. The van der Waals surface area contributed by atoms with E-state index in [0.29, 0.717) is 0 Å². The Hall–Kier alpha value is -2.78. The summed E-state index contributed by atoms with van der Waals surface area (Å²) in [5.74, 6) is 0. The fourth-order valence-electron chi connectivity index (χ4n) is 3.64. The van der Waals surface area contributed by atoms with Crippen LogP contribution < -0.4 is 9.97 Å². The molecule has 138 valence electrons. The Kier molecular flexibility index (Phi) is 4.88. The van der Waals surface area contributed by atoms with Crippen molar-refractivity contribution in [1.29, 1.82) is 0 Å². The molecular weight excluding hydrogens is 410 g/mol. The maximum atomic E-state index is 4.84. The largest absolute Gasteiger partial charge is 2.00 e. The smallest absolute Gasteiger partial charge is 0.657 e. The van der Waals surface area contributed by atoms with Crippen LogP contribution in [0.3, 0.4) is 0 Å². The standard InChI is InChI=1S/C24H20N4.Zn/c1-13-17-5-7-19(25-17)14(2)21-9-11-23(27-21)16(4)24-12-10-22(28-24)15(3)20-8-6-18(13)26-20;/h5-12H,1-4H3;/q-2;+2.